The zero-order chi connectivity index (χ0) is 17.2. The molecule has 0 aromatic rings. The van der Waals surface area contributed by atoms with E-state index in [-0.39, 0.29) is 19.3 Å². The first-order chi connectivity index (χ1) is 9.99. The summed E-state index contributed by atoms with van der Waals surface area (Å²) in [6.45, 7) is 8.76. The summed E-state index contributed by atoms with van der Waals surface area (Å²) in [6.07, 6.45) is 2.03. The summed E-state index contributed by atoms with van der Waals surface area (Å²) in [4.78, 5) is 12.4. The van der Waals surface area contributed by atoms with Crippen LogP contribution < -0.4 is 0 Å². The highest BCUT2D eigenvalue weighted by Crippen LogP contribution is 2.46. The Hall–Kier alpha value is -0.650. The van der Waals surface area contributed by atoms with Crippen molar-refractivity contribution in [2.75, 3.05) is 6.61 Å². The summed E-state index contributed by atoms with van der Waals surface area (Å²) >= 11 is 0. The Morgan fingerprint density at radius 1 is 1.05 bits per heavy atom. The summed E-state index contributed by atoms with van der Waals surface area (Å²) in [5.41, 5.74) is -4.16. The third kappa shape index (κ3) is 4.00. The van der Waals surface area contributed by atoms with E-state index in [1.54, 1.807) is 13.8 Å². The number of hydrogen-bond acceptors (Lipinski definition) is 5. The van der Waals surface area contributed by atoms with E-state index in [0.717, 1.165) is 0 Å². The van der Waals surface area contributed by atoms with Crippen molar-refractivity contribution in [2.24, 2.45) is 5.41 Å². The van der Waals surface area contributed by atoms with Gasteiger partial charge in [0.05, 0.1) is 23.2 Å². The van der Waals surface area contributed by atoms with Crippen LogP contribution in [0.2, 0.25) is 0 Å². The maximum absolute atomic E-state index is 12.4. The fraction of sp³-hybridized carbons (Fsp3) is 0.941. The zero-order valence-electron chi connectivity index (χ0n) is 14.6. The second-order valence-electron chi connectivity index (χ2n) is 7.65. The average Bonchev–Trinajstić information content (AvgIpc) is 2.46. The summed E-state index contributed by atoms with van der Waals surface area (Å²) in [6, 6.07) is 0. The second-order valence-corrected chi connectivity index (χ2v) is 7.65. The van der Waals surface area contributed by atoms with E-state index in [1.165, 1.54) is 0 Å². The molecular formula is C17H32O5. The first-order valence-electron chi connectivity index (χ1n) is 8.28. The number of aliphatic hydroxyl groups excluding tert-OH is 1. The molecule has 0 bridgehead atoms. The molecule has 1 saturated carbocycles. The van der Waals surface area contributed by atoms with Crippen molar-refractivity contribution in [3.8, 4) is 0 Å². The van der Waals surface area contributed by atoms with Crippen LogP contribution in [0.5, 0.6) is 0 Å². The van der Waals surface area contributed by atoms with Crippen molar-refractivity contribution in [1.29, 1.82) is 0 Å². The van der Waals surface area contributed by atoms with Crippen LogP contribution in [-0.4, -0.2) is 44.7 Å². The molecule has 1 aliphatic rings. The molecule has 22 heavy (non-hydrogen) atoms. The molecule has 0 saturated heterocycles. The maximum atomic E-state index is 12.4. The van der Waals surface area contributed by atoms with Gasteiger partial charge in [0.15, 0.2) is 0 Å². The van der Waals surface area contributed by atoms with Gasteiger partial charge >= 0.3 is 5.97 Å². The molecule has 0 radical (unpaired) electrons. The predicted molar refractivity (Wildman–Crippen MR) is 84.3 cm³/mol. The quantitative estimate of drug-likeness (QED) is 0.654. The minimum Gasteiger partial charge on any atom is -0.456 e. The lowest BCUT2D eigenvalue weighted by molar-refractivity contribution is -0.219. The highest BCUT2D eigenvalue weighted by Gasteiger charge is 2.55. The van der Waals surface area contributed by atoms with Gasteiger partial charge < -0.3 is 20.1 Å². The van der Waals surface area contributed by atoms with Crippen LogP contribution in [0, 0.1) is 5.41 Å². The van der Waals surface area contributed by atoms with E-state index in [4.69, 9.17) is 4.74 Å². The van der Waals surface area contributed by atoms with Gasteiger partial charge in [-0.1, -0.05) is 20.8 Å². The third-order valence-electron chi connectivity index (χ3n) is 5.31. The Labute approximate surface area is 133 Å². The molecule has 0 aliphatic heterocycles. The lowest BCUT2D eigenvalue weighted by Gasteiger charge is -2.51. The van der Waals surface area contributed by atoms with Gasteiger partial charge in [-0.05, 0) is 33.1 Å². The molecule has 130 valence electrons. The van der Waals surface area contributed by atoms with Gasteiger partial charge in [0.2, 0.25) is 0 Å². The second kappa shape index (κ2) is 6.46. The molecule has 1 aliphatic carbocycles. The largest absolute Gasteiger partial charge is 0.456 e. The van der Waals surface area contributed by atoms with E-state index < -0.39 is 34.8 Å². The standard InChI is InChI=1S/C17H32O5/c1-6-14(4,5)13(19)22-17(12-18)10-15(20,7-2)9-16(21,8-3)11-17/h18,20-21H,6-12H2,1-5H3. The fourth-order valence-electron chi connectivity index (χ4n) is 3.19. The molecule has 0 aromatic carbocycles. The van der Waals surface area contributed by atoms with Gasteiger partial charge in [-0.15, -0.1) is 0 Å². The van der Waals surface area contributed by atoms with E-state index in [0.29, 0.717) is 19.3 Å². The molecule has 0 heterocycles. The third-order valence-corrected chi connectivity index (χ3v) is 5.31. The summed E-state index contributed by atoms with van der Waals surface area (Å²) < 4.78 is 5.67. The van der Waals surface area contributed by atoms with Gasteiger partial charge in [-0.25, -0.2) is 0 Å². The molecule has 2 unspecified atom stereocenters. The van der Waals surface area contributed by atoms with Crippen LogP contribution in [0.25, 0.3) is 0 Å². The monoisotopic (exact) mass is 316 g/mol. The van der Waals surface area contributed by atoms with Crippen molar-refractivity contribution < 1.29 is 24.9 Å². The molecular weight excluding hydrogens is 284 g/mol. The molecule has 3 N–H and O–H groups in total. The predicted octanol–water partition coefficient (Wildman–Crippen LogP) is 2.16. The molecule has 1 fully saturated rings. The number of esters is 1. The van der Waals surface area contributed by atoms with Crippen LogP contribution in [0.3, 0.4) is 0 Å². The zero-order valence-corrected chi connectivity index (χ0v) is 14.6. The van der Waals surface area contributed by atoms with Crippen LogP contribution in [-0.2, 0) is 9.53 Å². The van der Waals surface area contributed by atoms with Crippen LogP contribution >= 0.6 is 0 Å². The molecule has 0 aromatic heterocycles. The first-order valence-corrected chi connectivity index (χ1v) is 8.28. The Balaban J connectivity index is 3.11. The highest BCUT2D eigenvalue weighted by atomic mass is 16.6. The van der Waals surface area contributed by atoms with Gasteiger partial charge in [0.1, 0.15) is 5.60 Å². The number of rotatable bonds is 6. The minimum absolute atomic E-state index is 0.154. The number of ether oxygens (including phenoxy) is 1. The summed E-state index contributed by atoms with van der Waals surface area (Å²) in [5, 5.41) is 31.3. The lowest BCUT2D eigenvalue weighted by atomic mass is 9.65. The molecule has 0 spiro atoms. The van der Waals surface area contributed by atoms with Gasteiger partial charge in [-0.3, -0.25) is 4.79 Å². The Morgan fingerprint density at radius 3 is 1.82 bits per heavy atom. The summed E-state index contributed by atoms with van der Waals surface area (Å²) in [5.74, 6) is -0.400. The van der Waals surface area contributed by atoms with E-state index in [2.05, 4.69) is 0 Å². The van der Waals surface area contributed by atoms with Crippen LogP contribution in [0.4, 0.5) is 0 Å². The lowest BCUT2D eigenvalue weighted by Crippen LogP contribution is -2.59. The van der Waals surface area contributed by atoms with Gasteiger partial charge in [0.25, 0.3) is 0 Å². The smallest absolute Gasteiger partial charge is 0.312 e. The molecule has 5 nitrogen and oxygen atoms in total. The summed E-state index contributed by atoms with van der Waals surface area (Å²) in [7, 11) is 0. The van der Waals surface area contributed by atoms with E-state index >= 15 is 0 Å². The minimum atomic E-state index is -1.22. The van der Waals surface area contributed by atoms with E-state index in [9.17, 15) is 20.1 Å². The molecule has 0 amide bonds. The topological polar surface area (TPSA) is 87.0 Å². The number of carbonyl (C=O) groups excluding carboxylic acids is 1. The van der Waals surface area contributed by atoms with Crippen molar-refractivity contribution in [3.05, 3.63) is 0 Å². The van der Waals surface area contributed by atoms with Crippen LogP contribution in [0.15, 0.2) is 0 Å². The van der Waals surface area contributed by atoms with Crippen LogP contribution in [0.1, 0.15) is 73.1 Å². The number of carbonyl (C=O) groups is 1. The Bertz CT molecular complexity index is 388. The Kier molecular flexibility index (Phi) is 5.69. The van der Waals surface area contributed by atoms with Gasteiger partial charge in [-0.2, -0.15) is 0 Å². The SMILES string of the molecule is CCC1(O)CC(O)(CC)CC(CO)(OC(=O)C(C)(C)CC)C1. The Morgan fingerprint density at radius 2 is 1.50 bits per heavy atom. The van der Waals surface area contributed by atoms with Crippen molar-refractivity contribution in [2.45, 2.75) is 89.9 Å². The molecule has 2 atom stereocenters. The number of aliphatic hydroxyl groups is 3. The molecule has 1 rings (SSSR count). The van der Waals surface area contributed by atoms with E-state index in [1.807, 2.05) is 20.8 Å². The van der Waals surface area contributed by atoms with Crippen molar-refractivity contribution >= 4 is 5.97 Å². The molecule has 5 heteroatoms. The normalized spacial score (nSPS) is 36.2. The van der Waals surface area contributed by atoms with Crippen molar-refractivity contribution in [3.63, 3.8) is 0 Å². The highest BCUT2D eigenvalue weighted by molar-refractivity contribution is 5.76. The van der Waals surface area contributed by atoms with Crippen molar-refractivity contribution in [1.82, 2.24) is 0 Å². The number of hydrogen-bond donors (Lipinski definition) is 3. The van der Waals surface area contributed by atoms with Gasteiger partial charge in [0, 0.05) is 19.3 Å². The maximum Gasteiger partial charge on any atom is 0.312 e. The average molecular weight is 316 g/mol. The first kappa shape index (κ1) is 19.4. The fourth-order valence-corrected chi connectivity index (χ4v) is 3.19.